The molecule has 0 saturated heterocycles. The van der Waals surface area contributed by atoms with Crippen molar-refractivity contribution >= 4 is 0 Å². The molecule has 2 aromatic rings. The number of aromatic nitrogens is 2. The lowest BCUT2D eigenvalue weighted by Crippen LogP contribution is -2.24. The molecule has 0 saturated carbocycles. The van der Waals surface area contributed by atoms with Crippen molar-refractivity contribution in [2.24, 2.45) is 0 Å². The van der Waals surface area contributed by atoms with Crippen LogP contribution in [0.2, 0.25) is 0 Å². The van der Waals surface area contributed by atoms with Crippen molar-refractivity contribution in [1.29, 1.82) is 0 Å². The third-order valence-corrected chi connectivity index (χ3v) is 3.78. The van der Waals surface area contributed by atoms with Gasteiger partial charge >= 0.3 is 0 Å². The molecule has 21 heavy (non-hydrogen) atoms. The van der Waals surface area contributed by atoms with Gasteiger partial charge in [-0.15, -0.1) is 0 Å². The molecule has 2 rings (SSSR count). The summed E-state index contributed by atoms with van der Waals surface area (Å²) in [6.07, 6.45) is 4.92. The first kappa shape index (κ1) is 15.8. The van der Waals surface area contributed by atoms with Crippen molar-refractivity contribution in [1.82, 2.24) is 15.1 Å². The Morgan fingerprint density at radius 1 is 1.29 bits per heavy atom. The summed E-state index contributed by atoms with van der Waals surface area (Å²) < 4.78 is 7.60. The lowest BCUT2D eigenvalue weighted by molar-refractivity contribution is 0.488. The predicted molar refractivity (Wildman–Crippen MR) is 85.5 cm³/mol. The second kappa shape index (κ2) is 7.46. The monoisotopic (exact) mass is 289 g/mol. The molecule has 0 bridgehead atoms. The molecule has 2 aromatic heterocycles. The van der Waals surface area contributed by atoms with Gasteiger partial charge in [0.1, 0.15) is 5.76 Å². The zero-order valence-electron chi connectivity index (χ0n) is 13.6. The van der Waals surface area contributed by atoms with Crippen LogP contribution in [0, 0.1) is 6.92 Å². The number of nitrogens with zero attached hydrogens (tertiary/aromatic N) is 2. The Morgan fingerprint density at radius 2 is 2.10 bits per heavy atom. The summed E-state index contributed by atoms with van der Waals surface area (Å²) in [5, 5.41) is 8.27. The van der Waals surface area contributed by atoms with Gasteiger partial charge in [-0.3, -0.25) is 4.68 Å². The van der Waals surface area contributed by atoms with E-state index in [-0.39, 0.29) is 6.04 Å². The fourth-order valence-corrected chi connectivity index (χ4v) is 2.61. The van der Waals surface area contributed by atoms with Gasteiger partial charge in [0.2, 0.25) is 0 Å². The first-order chi connectivity index (χ1) is 10.2. The number of nitrogens with one attached hydrogen (secondary N) is 1. The maximum Gasteiger partial charge on any atom is 0.101 e. The van der Waals surface area contributed by atoms with E-state index in [9.17, 15) is 0 Å². The highest BCUT2D eigenvalue weighted by molar-refractivity contribution is 5.20. The fourth-order valence-electron chi connectivity index (χ4n) is 2.61. The third-order valence-electron chi connectivity index (χ3n) is 3.78. The van der Waals surface area contributed by atoms with Gasteiger partial charge in [-0.05, 0) is 45.4 Å². The second-order valence-electron chi connectivity index (χ2n) is 5.50. The molecule has 0 radical (unpaired) electrons. The normalized spacial score (nSPS) is 12.8. The molecule has 4 nitrogen and oxygen atoms in total. The predicted octanol–water partition coefficient (Wildman–Crippen LogP) is 3.65. The molecule has 0 aliphatic carbocycles. The van der Waals surface area contributed by atoms with Crippen LogP contribution in [-0.2, 0) is 19.4 Å². The summed E-state index contributed by atoms with van der Waals surface area (Å²) in [6.45, 7) is 10.4. The lowest BCUT2D eigenvalue weighted by Gasteiger charge is -2.17. The van der Waals surface area contributed by atoms with Gasteiger partial charge in [0, 0.05) is 30.3 Å². The summed E-state index contributed by atoms with van der Waals surface area (Å²) in [4.78, 5) is 0. The van der Waals surface area contributed by atoms with Crippen molar-refractivity contribution < 1.29 is 4.42 Å². The van der Waals surface area contributed by atoms with Crippen LogP contribution in [0.25, 0.3) is 0 Å². The van der Waals surface area contributed by atoms with Crippen LogP contribution in [0.3, 0.4) is 0 Å². The van der Waals surface area contributed by atoms with Gasteiger partial charge < -0.3 is 9.73 Å². The molecule has 0 aliphatic rings. The van der Waals surface area contributed by atoms with Crippen LogP contribution >= 0.6 is 0 Å². The summed E-state index contributed by atoms with van der Waals surface area (Å²) in [6, 6.07) is 4.65. The van der Waals surface area contributed by atoms with Gasteiger partial charge in [0.15, 0.2) is 0 Å². The molecule has 1 N–H and O–H groups in total. The number of hydrogen-bond acceptors (Lipinski definition) is 3. The Bertz CT molecular complexity index is 556. The molecule has 0 fully saturated rings. The smallest absolute Gasteiger partial charge is 0.101 e. The minimum absolute atomic E-state index is 0.286. The molecule has 1 atom stereocenters. The van der Waals surface area contributed by atoms with E-state index in [1.165, 1.54) is 17.0 Å². The van der Waals surface area contributed by atoms with Crippen LogP contribution in [0.1, 0.15) is 55.9 Å². The van der Waals surface area contributed by atoms with Crippen LogP contribution in [0.15, 0.2) is 22.8 Å². The molecule has 0 amide bonds. The quantitative estimate of drug-likeness (QED) is 0.806. The Kier molecular flexibility index (Phi) is 5.62. The highest BCUT2D eigenvalue weighted by Gasteiger charge is 2.17. The van der Waals surface area contributed by atoms with E-state index in [1.807, 2.05) is 13.2 Å². The topological polar surface area (TPSA) is 43.0 Å². The molecule has 1 unspecified atom stereocenters. The van der Waals surface area contributed by atoms with E-state index < -0.39 is 0 Å². The van der Waals surface area contributed by atoms with Gasteiger partial charge in [0.05, 0.1) is 12.0 Å². The number of hydrogen-bond donors (Lipinski definition) is 1. The number of rotatable bonds is 8. The SMILES string of the molecule is CCCNC(Cc1cc(CC)nn1CC)c1coc(C)c1. The van der Waals surface area contributed by atoms with Crippen molar-refractivity contribution in [3.8, 4) is 0 Å². The van der Waals surface area contributed by atoms with E-state index in [0.717, 1.165) is 38.1 Å². The van der Waals surface area contributed by atoms with Crippen LogP contribution < -0.4 is 5.32 Å². The summed E-state index contributed by atoms with van der Waals surface area (Å²) >= 11 is 0. The van der Waals surface area contributed by atoms with E-state index in [2.05, 4.69) is 48.0 Å². The molecular weight excluding hydrogens is 262 g/mol. The van der Waals surface area contributed by atoms with Gasteiger partial charge in [-0.25, -0.2) is 0 Å². The van der Waals surface area contributed by atoms with E-state index in [1.54, 1.807) is 0 Å². The molecular formula is C17H27N3O. The van der Waals surface area contributed by atoms with Crippen LogP contribution in [0.4, 0.5) is 0 Å². The van der Waals surface area contributed by atoms with Crippen molar-refractivity contribution in [2.75, 3.05) is 6.54 Å². The minimum Gasteiger partial charge on any atom is -0.469 e. The average Bonchev–Trinajstić information content (AvgIpc) is 3.09. The summed E-state index contributed by atoms with van der Waals surface area (Å²) in [7, 11) is 0. The van der Waals surface area contributed by atoms with E-state index in [0.29, 0.717) is 0 Å². The Labute approximate surface area is 127 Å². The molecule has 2 heterocycles. The van der Waals surface area contributed by atoms with Gasteiger partial charge in [-0.1, -0.05) is 13.8 Å². The molecule has 4 heteroatoms. The molecule has 116 valence electrons. The average molecular weight is 289 g/mol. The Hall–Kier alpha value is -1.55. The fraction of sp³-hybridized carbons (Fsp3) is 0.588. The minimum atomic E-state index is 0.286. The van der Waals surface area contributed by atoms with E-state index >= 15 is 0 Å². The van der Waals surface area contributed by atoms with Crippen LogP contribution in [0.5, 0.6) is 0 Å². The second-order valence-corrected chi connectivity index (χ2v) is 5.50. The zero-order valence-corrected chi connectivity index (χ0v) is 13.6. The standard InChI is InChI=1S/C17H27N3O/c1-5-8-18-17(14-9-13(4)21-12-14)11-16-10-15(6-2)19-20(16)7-3/h9-10,12,17-18H,5-8,11H2,1-4H3. The van der Waals surface area contributed by atoms with E-state index in [4.69, 9.17) is 4.42 Å². The highest BCUT2D eigenvalue weighted by Crippen LogP contribution is 2.21. The number of aryl methyl sites for hydroxylation is 3. The summed E-state index contributed by atoms with van der Waals surface area (Å²) in [5.41, 5.74) is 3.69. The first-order valence-electron chi connectivity index (χ1n) is 8.01. The maximum atomic E-state index is 5.48. The molecule has 0 aromatic carbocycles. The van der Waals surface area contributed by atoms with Gasteiger partial charge in [0.25, 0.3) is 0 Å². The third kappa shape index (κ3) is 3.97. The Balaban J connectivity index is 2.19. The molecule has 0 aliphatic heterocycles. The van der Waals surface area contributed by atoms with Crippen molar-refractivity contribution in [2.45, 2.75) is 59.5 Å². The van der Waals surface area contributed by atoms with Crippen molar-refractivity contribution in [3.05, 3.63) is 41.1 Å². The highest BCUT2D eigenvalue weighted by atomic mass is 16.3. The Morgan fingerprint density at radius 3 is 2.67 bits per heavy atom. The van der Waals surface area contributed by atoms with Crippen LogP contribution in [-0.4, -0.2) is 16.3 Å². The largest absolute Gasteiger partial charge is 0.469 e. The summed E-state index contributed by atoms with van der Waals surface area (Å²) in [5.74, 6) is 0.964. The number of furan rings is 1. The zero-order chi connectivity index (χ0) is 15.2. The lowest BCUT2D eigenvalue weighted by atomic mass is 10.0. The maximum absolute atomic E-state index is 5.48. The molecule has 0 spiro atoms. The first-order valence-corrected chi connectivity index (χ1v) is 8.01. The van der Waals surface area contributed by atoms with Gasteiger partial charge in [-0.2, -0.15) is 5.10 Å². The van der Waals surface area contributed by atoms with Crippen molar-refractivity contribution in [3.63, 3.8) is 0 Å².